The van der Waals surface area contributed by atoms with E-state index >= 15 is 0 Å². The maximum absolute atomic E-state index is 11.2. The number of aldehydes is 1. The van der Waals surface area contributed by atoms with Crippen LogP contribution in [0.2, 0.25) is 0 Å². The van der Waals surface area contributed by atoms with E-state index in [9.17, 15) is 4.79 Å². The first kappa shape index (κ1) is 10.7. The molecule has 0 amide bonds. The van der Waals surface area contributed by atoms with Crippen LogP contribution in [0.15, 0.2) is 0 Å². The molecule has 3 atom stereocenters. The fourth-order valence-corrected chi connectivity index (χ4v) is 2.76. The Morgan fingerprint density at radius 2 is 2.31 bits per heavy atom. The molecule has 3 unspecified atom stereocenters. The van der Waals surface area contributed by atoms with E-state index in [0.717, 1.165) is 18.8 Å². The van der Waals surface area contributed by atoms with E-state index in [2.05, 4.69) is 20.8 Å². The summed E-state index contributed by atoms with van der Waals surface area (Å²) in [5.74, 6) is 1.34. The van der Waals surface area contributed by atoms with Crippen molar-refractivity contribution in [2.75, 3.05) is 0 Å². The molecule has 0 heterocycles. The van der Waals surface area contributed by atoms with Crippen molar-refractivity contribution in [1.29, 1.82) is 0 Å². The number of carbonyl (C=O) groups excluding carboxylic acids is 1. The molecule has 0 bridgehead atoms. The monoisotopic (exact) mass is 182 g/mol. The minimum atomic E-state index is 0.0371. The van der Waals surface area contributed by atoms with Gasteiger partial charge in [-0.05, 0) is 31.1 Å². The highest BCUT2D eigenvalue weighted by Crippen LogP contribution is 2.46. The summed E-state index contributed by atoms with van der Waals surface area (Å²) in [6, 6.07) is 0. The molecular formula is C12H22O. The predicted molar refractivity (Wildman–Crippen MR) is 55.6 cm³/mol. The maximum atomic E-state index is 11.2. The van der Waals surface area contributed by atoms with Crippen molar-refractivity contribution in [3.05, 3.63) is 0 Å². The minimum absolute atomic E-state index is 0.0371. The molecule has 1 aliphatic rings. The summed E-state index contributed by atoms with van der Waals surface area (Å²) in [7, 11) is 0. The van der Waals surface area contributed by atoms with E-state index < -0.39 is 0 Å². The fourth-order valence-electron chi connectivity index (χ4n) is 2.76. The van der Waals surface area contributed by atoms with Crippen molar-refractivity contribution in [2.24, 2.45) is 17.3 Å². The van der Waals surface area contributed by atoms with Crippen molar-refractivity contribution in [3.63, 3.8) is 0 Å². The van der Waals surface area contributed by atoms with Crippen molar-refractivity contribution in [1.82, 2.24) is 0 Å². The van der Waals surface area contributed by atoms with Crippen molar-refractivity contribution >= 4 is 6.29 Å². The molecule has 0 aliphatic heterocycles. The Hall–Kier alpha value is -0.330. The molecule has 0 spiro atoms. The molecule has 0 aromatic heterocycles. The van der Waals surface area contributed by atoms with E-state index in [1.165, 1.54) is 25.5 Å². The molecule has 13 heavy (non-hydrogen) atoms. The number of carbonyl (C=O) groups is 1. The maximum Gasteiger partial charge on any atom is 0.126 e. The molecule has 1 saturated carbocycles. The molecule has 0 aromatic rings. The zero-order valence-electron chi connectivity index (χ0n) is 9.18. The highest BCUT2D eigenvalue weighted by atomic mass is 16.1. The van der Waals surface area contributed by atoms with Crippen LogP contribution in [0.5, 0.6) is 0 Å². The molecule has 0 N–H and O–H groups in total. The standard InChI is InChI=1S/C12H22O/c1-4-5-11(3)12(9-13)7-6-10(2)8-12/h9-11H,4-8H2,1-3H3. The van der Waals surface area contributed by atoms with Crippen molar-refractivity contribution in [2.45, 2.75) is 52.9 Å². The van der Waals surface area contributed by atoms with Crippen LogP contribution in [-0.2, 0) is 4.79 Å². The lowest BCUT2D eigenvalue weighted by molar-refractivity contribution is -0.118. The van der Waals surface area contributed by atoms with E-state index in [1.807, 2.05) is 0 Å². The van der Waals surface area contributed by atoms with Crippen LogP contribution in [0, 0.1) is 17.3 Å². The average Bonchev–Trinajstić information content (AvgIpc) is 2.49. The Labute approximate surface area is 81.9 Å². The van der Waals surface area contributed by atoms with E-state index in [4.69, 9.17) is 0 Å². The third kappa shape index (κ3) is 2.12. The third-order valence-electron chi connectivity index (χ3n) is 3.77. The Balaban J connectivity index is 2.64. The molecule has 1 heteroatoms. The van der Waals surface area contributed by atoms with Gasteiger partial charge in [-0.3, -0.25) is 0 Å². The molecule has 0 aromatic carbocycles. The van der Waals surface area contributed by atoms with Crippen molar-refractivity contribution in [3.8, 4) is 0 Å². The second kappa shape index (κ2) is 4.26. The first-order valence-corrected chi connectivity index (χ1v) is 5.61. The third-order valence-corrected chi connectivity index (χ3v) is 3.77. The van der Waals surface area contributed by atoms with Crippen LogP contribution in [-0.4, -0.2) is 6.29 Å². The number of hydrogen-bond acceptors (Lipinski definition) is 1. The summed E-state index contributed by atoms with van der Waals surface area (Å²) in [4.78, 5) is 11.2. The topological polar surface area (TPSA) is 17.1 Å². The molecule has 76 valence electrons. The highest BCUT2D eigenvalue weighted by Gasteiger charge is 2.41. The van der Waals surface area contributed by atoms with Gasteiger partial charge in [0.05, 0.1) is 0 Å². The quantitative estimate of drug-likeness (QED) is 0.609. The predicted octanol–water partition coefficient (Wildman–Crippen LogP) is 3.43. The average molecular weight is 182 g/mol. The van der Waals surface area contributed by atoms with Gasteiger partial charge in [0, 0.05) is 5.41 Å². The minimum Gasteiger partial charge on any atom is -0.303 e. The normalized spacial score (nSPS) is 36.1. The smallest absolute Gasteiger partial charge is 0.126 e. The van der Waals surface area contributed by atoms with Gasteiger partial charge < -0.3 is 4.79 Å². The summed E-state index contributed by atoms with van der Waals surface area (Å²) in [6.07, 6.45) is 7.14. The second-order valence-electron chi connectivity index (χ2n) is 4.89. The van der Waals surface area contributed by atoms with Gasteiger partial charge in [0.1, 0.15) is 6.29 Å². The molecule has 1 rings (SSSR count). The van der Waals surface area contributed by atoms with Gasteiger partial charge in [-0.1, -0.05) is 33.6 Å². The van der Waals surface area contributed by atoms with E-state index in [1.54, 1.807) is 0 Å². The lowest BCUT2D eigenvalue weighted by Gasteiger charge is -2.29. The zero-order valence-corrected chi connectivity index (χ0v) is 9.18. The highest BCUT2D eigenvalue weighted by molar-refractivity contribution is 5.60. The summed E-state index contributed by atoms with van der Waals surface area (Å²) in [5, 5.41) is 0. The first-order valence-electron chi connectivity index (χ1n) is 5.61. The molecule has 1 nitrogen and oxygen atoms in total. The van der Waals surface area contributed by atoms with E-state index in [-0.39, 0.29) is 5.41 Å². The molecular weight excluding hydrogens is 160 g/mol. The fraction of sp³-hybridized carbons (Fsp3) is 0.917. The summed E-state index contributed by atoms with van der Waals surface area (Å²) in [5.41, 5.74) is 0.0371. The van der Waals surface area contributed by atoms with Gasteiger partial charge >= 0.3 is 0 Å². The van der Waals surface area contributed by atoms with Crippen LogP contribution in [0.25, 0.3) is 0 Å². The Morgan fingerprint density at radius 1 is 1.62 bits per heavy atom. The van der Waals surface area contributed by atoms with Crippen molar-refractivity contribution < 1.29 is 4.79 Å². The first-order chi connectivity index (χ1) is 6.14. The Kier molecular flexibility index (Phi) is 3.52. The number of hydrogen-bond donors (Lipinski definition) is 0. The molecule has 1 fully saturated rings. The Bertz CT molecular complexity index is 176. The molecule has 0 radical (unpaired) electrons. The summed E-state index contributed by atoms with van der Waals surface area (Å²) in [6.45, 7) is 6.72. The van der Waals surface area contributed by atoms with Gasteiger partial charge in [-0.15, -0.1) is 0 Å². The van der Waals surface area contributed by atoms with E-state index in [0.29, 0.717) is 5.92 Å². The number of rotatable bonds is 4. The summed E-state index contributed by atoms with van der Waals surface area (Å²) >= 11 is 0. The van der Waals surface area contributed by atoms with Crippen LogP contribution in [0.1, 0.15) is 52.9 Å². The summed E-state index contributed by atoms with van der Waals surface area (Å²) < 4.78 is 0. The largest absolute Gasteiger partial charge is 0.303 e. The lowest BCUT2D eigenvalue weighted by Crippen LogP contribution is -2.27. The van der Waals surface area contributed by atoms with Gasteiger partial charge in [-0.25, -0.2) is 0 Å². The molecule has 1 aliphatic carbocycles. The molecule has 0 saturated heterocycles. The van der Waals surface area contributed by atoms with Crippen LogP contribution in [0.3, 0.4) is 0 Å². The van der Waals surface area contributed by atoms with Gasteiger partial charge in [0.15, 0.2) is 0 Å². The van der Waals surface area contributed by atoms with Gasteiger partial charge in [0.25, 0.3) is 0 Å². The zero-order chi connectivity index (χ0) is 9.90. The van der Waals surface area contributed by atoms with Crippen LogP contribution >= 0.6 is 0 Å². The Morgan fingerprint density at radius 3 is 2.69 bits per heavy atom. The van der Waals surface area contributed by atoms with Gasteiger partial charge in [-0.2, -0.15) is 0 Å². The van der Waals surface area contributed by atoms with Gasteiger partial charge in [0.2, 0.25) is 0 Å². The van der Waals surface area contributed by atoms with Crippen LogP contribution in [0.4, 0.5) is 0 Å². The van der Waals surface area contributed by atoms with Crippen LogP contribution < -0.4 is 0 Å². The SMILES string of the molecule is CCCC(C)C1(C=O)CCC(C)C1. The lowest BCUT2D eigenvalue weighted by atomic mass is 9.73. The second-order valence-corrected chi connectivity index (χ2v) is 4.89.